The van der Waals surface area contributed by atoms with Crippen LogP contribution < -0.4 is 15.8 Å². The topological polar surface area (TPSA) is 80.5 Å². The third kappa shape index (κ3) is 4.77. The minimum Gasteiger partial charge on any atom is -0.490 e. The number of likely N-dealkylation sites (tertiary alicyclic amines) is 1. The van der Waals surface area contributed by atoms with Crippen LogP contribution in [0.1, 0.15) is 49.9 Å². The standard InChI is InChI=1S/C28H30N4O2S/c1-4-6-18-13-19(9-12-25(18)34-17(2)3)27-30-14-26(35-27)23-8-5-7-22-21(23)10-11-24(22)31-28(33)32-15-20(29)16-32/h5,7-9,12-14,17,20,24H,10-11,15-16,29H2,1-3H3,(H,31,33). The molecule has 1 fully saturated rings. The van der Waals surface area contributed by atoms with Crippen molar-refractivity contribution in [1.82, 2.24) is 15.2 Å². The number of nitrogens with zero attached hydrogens (tertiary/aromatic N) is 2. The summed E-state index contributed by atoms with van der Waals surface area (Å²) in [7, 11) is 0. The molecule has 7 heteroatoms. The Hall–Kier alpha value is -3.34. The largest absolute Gasteiger partial charge is 0.490 e. The van der Waals surface area contributed by atoms with Crippen molar-refractivity contribution in [2.24, 2.45) is 5.73 Å². The molecule has 180 valence electrons. The van der Waals surface area contributed by atoms with Gasteiger partial charge in [-0.1, -0.05) is 24.1 Å². The van der Waals surface area contributed by atoms with E-state index in [4.69, 9.17) is 15.5 Å². The van der Waals surface area contributed by atoms with E-state index in [-0.39, 0.29) is 24.2 Å². The molecule has 2 amide bonds. The minimum absolute atomic E-state index is 0.0223. The van der Waals surface area contributed by atoms with E-state index in [1.54, 1.807) is 16.2 Å². The lowest BCUT2D eigenvalue weighted by molar-refractivity contribution is 0.149. The molecule has 0 saturated carbocycles. The highest BCUT2D eigenvalue weighted by Gasteiger charge is 2.32. The molecule has 0 bridgehead atoms. The van der Waals surface area contributed by atoms with Crippen LogP contribution >= 0.6 is 11.3 Å². The molecule has 1 saturated heterocycles. The molecule has 2 heterocycles. The second-order valence-corrected chi connectivity index (χ2v) is 10.4. The lowest BCUT2D eigenvalue weighted by Gasteiger charge is -2.37. The van der Waals surface area contributed by atoms with Crippen molar-refractivity contribution >= 4 is 17.4 Å². The van der Waals surface area contributed by atoms with Crippen LogP contribution in [0, 0.1) is 11.8 Å². The lowest BCUT2D eigenvalue weighted by atomic mass is 10.0. The number of nitrogens with two attached hydrogens (primary N) is 1. The number of hydrogen-bond acceptors (Lipinski definition) is 5. The predicted molar refractivity (Wildman–Crippen MR) is 140 cm³/mol. The van der Waals surface area contributed by atoms with Gasteiger partial charge >= 0.3 is 6.03 Å². The van der Waals surface area contributed by atoms with Gasteiger partial charge in [-0.3, -0.25) is 0 Å². The number of hydrogen-bond donors (Lipinski definition) is 2. The van der Waals surface area contributed by atoms with E-state index in [0.29, 0.717) is 13.1 Å². The molecule has 2 aliphatic rings. The van der Waals surface area contributed by atoms with E-state index in [1.165, 1.54) is 16.7 Å². The number of ether oxygens (including phenoxy) is 1. The summed E-state index contributed by atoms with van der Waals surface area (Å²) in [5.41, 5.74) is 11.4. The van der Waals surface area contributed by atoms with Crippen LogP contribution in [0.2, 0.25) is 0 Å². The van der Waals surface area contributed by atoms with Crippen molar-refractivity contribution in [2.45, 2.75) is 51.8 Å². The minimum atomic E-state index is -0.0223. The Bertz CT molecular complexity index is 1310. The molecule has 35 heavy (non-hydrogen) atoms. The maximum Gasteiger partial charge on any atom is 0.317 e. The summed E-state index contributed by atoms with van der Waals surface area (Å²) in [5, 5.41) is 4.15. The Morgan fingerprint density at radius 2 is 2.11 bits per heavy atom. The Kier molecular flexibility index (Phi) is 6.50. The summed E-state index contributed by atoms with van der Waals surface area (Å²) < 4.78 is 5.92. The van der Waals surface area contributed by atoms with Gasteiger partial charge in [-0.05, 0) is 68.5 Å². The van der Waals surface area contributed by atoms with E-state index >= 15 is 0 Å². The third-order valence-electron chi connectivity index (χ3n) is 6.39. The maximum absolute atomic E-state index is 12.5. The highest BCUT2D eigenvalue weighted by Crippen LogP contribution is 2.41. The van der Waals surface area contributed by atoms with Crippen LogP contribution in [0.5, 0.6) is 5.75 Å². The zero-order valence-corrected chi connectivity index (χ0v) is 21.1. The molecule has 6 nitrogen and oxygen atoms in total. The third-order valence-corrected chi connectivity index (χ3v) is 7.47. The number of carbonyl (C=O) groups is 1. The van der Waals surface area contributed by atoms with Gasteiger partial charge in [-0.15, -0.1) is 17.3 Å². The monoisotopic (exact) mass is 486 g/mol. The predicted octanol–water partition coefficient (Wildman–Crippen LogP) is 4.98. The van der Waals surface area contributed by atoms with Gasteiger partial charge in [0.1, 0.15) is 10.8 Å². The first-order chi connectivity index (χ1) is 16.9. The summed E-state index contributed by atoms with van der Waals surface area (Å²) in [6, 6.07) is 12.6. The van der Waals surface area contributed by atoms with Gasteiger partial charge in [-0.25, -0.2) is 9.78 Å². The summed E-state index contributed by atoms with van der Waals surface area (Å²) >= 11 is 1.68. The number of nitrogens with one attached hydrogen (secondary N) is 1. The molecule has 0 radical (unpaired) electrons. The molecule has 0 spiro atoms. The van der Waals surface area contributed by atoms with Crippen molar-refractivity contribution in [3.8, 4) is 38.6 Å². The van der Waals surface area contributed by atoms with E-state index in [9.17, 15) is 4.79 Å². The van der Waals surface area contributed by atoms with E-state index in [1.807, 2.05) is 39.1 Å². The average Bonchev–Trinajstić information content (AvgIpc) is 3.46. The van der Waals surface area contributed by atoms with Gasteiger partial charge < -0.3 is 20.7 Å². The van der Waals surface area contributed by atoms with Crippen LogP contribution in [0.15, 0.2) is 42.6 Å². The normalized spacial score (nSPS) is 16.9. The highest BCUT2D eigenvalue weighted by molar-refractivity contribution is 7.18. The summed E-state index contributed by atoms with van der Waals surface area (Å²) in [6.45, 7) is 7.12. The molecule has 1 atom stereocenters. The average molecular weight is 487 g/mol. The van der Waals surface area contributed by atoms with Gasteiger partial charge in [0.25, 0.3) is 0 Å². The Balaban J connectivity index is 1.39. The first-order valence-electron chi connectivity index (χ1n) is 12.1. The molecule has 1 aromatic heterocycles. The van der Waals surface area contributed by atoms with Crippen molar-refractivity contribution in [3.63, 3.8) is 0 Å². The van der Waals surface area contributed by atoms with Crippen molar-refractivity contribution in [1.29, 1.82) is 0 Å². The first kappa shape index (κ1) is 23.4. The smallest absolute Gasteiger partial charge is 0.317 e. The van der Waals surface area contributed by atoms with Gasteiger partial charge in [0.2, 0.25) is 0 Å². The molecule has 2 aromatic carbocycles. The quantitative estimate of drug-likeness (QED) is 0.499. The van der Waals surface area contributed by atoms with Gasteiger partial charge in [-0.2, -0.15) is 0 Å². The zero-order valence-electron chi connectivity index (χ0n) is 20.3. The van der Waals surface area contributed by atoms with Gasteiger partial charge in [0.05, 0.1) is 22.6 Å². The maximum atomic E-state index is 12.5. The lowest BCUT2D eigenvalue weighted by Crippen LogP contribution is -2.60. The number of rotatable bonds is 5. The van der Waals surface area contributed by atoms with Crippen LogP contribution in [0.25, 0.3) is 21.0 Å². The zero-order chi connectivity index (χ0) is 24.5. The highest BCUT2D eigenvalue weighted by atomic mass is 32.1. The van der Waals surface area contributed by atoms with Crippen molar-refractivity contribution in [2.75, 3.05) is 13.1 Å². The number of benzene rings is 2. The van der Waals surface area contributed by atoms with Crippen LogP contribution in [-0.4, -0.2) is 41.2 Å². The summed E-state index contributed by atoms with van der Waals surface area (Å²) in [6.07, 6.45) is 3.87. The molecule has 1 unspecified atom stereocenters. The molecule has 1 aliphatic heterocycles. The molecule has 3 N–H and O–H groups in total. The fraction of sp³-hybridized carbons (Fsp3) is 0.357. The first-order valence-corrected chi connectivity index (χ1v) is 12.9. The van der Waals surface area contributed by atoms with E-state index in [0.717, 1.165) is 39.6 Å². The van der Waals surface area contributed by atoms with Crippen molar-refractivity contribution < 1.29 is 9.53 Å². The number of urea groups is 1. The van der Waals surface area contributed by atoms with Crippen LogP contribution in [-0.2, 0) is 6.42 Å². The second kappa shape index (κ2) is 9.73. The molecule has 3 aromatic rings. The van der Waals surface area contributed by atoms with Gasteiger partial charge in [0.15, 0.2) is 0 Å². The van der Waals surface area contributed by atoms with Crippen LogP contribution in [0.3, 0.4) is 0 Å². The summed E-state index contributed by atoms with van der Waals surface area (Å²) in [5.74, 6) is 6.94. The van der Waals surface area contributed by atoms with E-state index in [2.05, 4.69) is 41.4 Å². The summed E-state index contributed by atoms with van der Waals surface area (Å²) in [4.78, 5) is 20.2. The molecular weight excluding hydrogens is 456 g/mol. The Morgan fingerprint density at radius 3 is 2.86 bits per heavy atom. The number of fused-ring (bicyclic) bond motifs is 1. The van der Waals surface area contributed by atoms with Crippen LogP contribution in [0.4, 0.5) is 4.79 Å². The molecule has 1 aliphatic carbocycles. The molecular formula is C28H30N4O2S. The number of aromatic nitrogens is 1. The fourth-order valence-corrected chi connectivity index (χ4v) is 5.70. The number of carbonyl (C=O) groups excluding carboxylic acids is 1. The number of thiazole rings is 1. The SMILES string of the molecule is CC#Cc1cc(-c2ncc(-c3cccc4c3CCC4NC(=O)N3CC(N)C3)s2)ccc1OC(C)C. The Labute approximate surface area is 210 Å². The Morgan fingerprint density at radius 1 is 1.29 bits per heavy atom. The van der Waals surface area contributed by atoms with E-state index < -0.39 is 0 Å². The van der Waals surface area contributed by atoms with Crippen molar-refractivity contribution in [3.05, 3.63) is 59.3 Å². The second-order valence-electron chi connectivity index (χ2n) is 9.36. The number of amides is 2. The van der Waals surface area contributed by atoms with Gasteiger partial charge in [0, 0.05) is 30.9 Å². The molecule has 5 rings (SSSR count). The fourth-order valence-electron chi connectivity index (χ4n) is 4.74.